The minimum Gasteiger partial charge on any atom is -0.495 e. The Morgan fingerprint density at radius 2 is 2.14 bits per heavy atom. The number of benzene rings is 1. The van der Waals surface area contributed by atoms with E-state index in [1.807, 2.05) is 18.7 Å². The second-order valence-electron chi connectivity index (χ2n) is 7.23. The van der Waals surface area contributed by atoms with E-state index in [0.717, 1.165) is 23.8 Å². The van der Waals surface area contributed by atoms with Crippen LogP contribution in [0.1, 0.15) is 32.0 Å². The zero-order valence-corrected chi connectivity index (χ0v) is 17.8. The number of morpholine rings is 1. The van der Waals surface area contributed by atoms with Crippen molar-refractivity contribution < 1.29 is 14.3 Å². The number of halogens is 1. The molecule has 0 saturated carbocycles. The number of methoxy groups -OCH3 is 1. The number of ether oxygens (including phenoxy) is 2. The van der Waals surface area contributed by atoms with Gasteiger partial charge in [0.25, 0.3) is 5.91 Å². The van der Waals surface area contributed by atoms with Gasteiger partial charge in [-0.3, -0.25) is 9.69 Å². The molecule has 0 N–H and O–H groups in total. The van der Waals surface area contributed by atoms with Crippen LogP contribution in [0.15, 0.2) is 18.2 Å². The van der Waals surface area contributed by atoms with E-state index >= 15 is 0 Å². The Hall–Kier alpha value is -1.67. The Bertz CT molecular complexity index is 888. The molecule has 2 aliphatic heterocycles. The van der Waals surface area contributed by atoms with E-state index in [9.17, 15) is 4.79 Å². The summed E-state index contributed by atoms with van der Waals surface area (Å²) in [5, 5.41) is 1.44. The maximum Gasteiger partial charge on any atom is 0.255 e. The van der Waals surface area contributed by atoms with E-state index in [1.54, 1.807) is 36.6 Å². The molecule has 28 heavy (non-hydrogen) atoms. The van der Waals surface area contributed by atoms with Gasteiger partial charge in [0.2, 0.25) is 0 Å². The van der Waals surface area contributed by atoms with Gasteiger partial charge < -0.3 is 14.4 Å². The molecule has 8 heteroatoms. The van der Waals surface area contributed by atoms with Gasteiger partial charge in [-0.25, -0.2) is 4.98 Å². The van der Waals surface area contributed by atoms with Gasteiger partial charge in [0.1, 0.15) is 11.9 Å². The molecule has 2 aromatic rings. The molecule has 150 valence electrons. The highest BCUT2D eigenvalue weighted by Crippen LogP contribution is 2.33. The number of aryl methyl sites for hydroxylation is 2. The van der Waals surface area contributed by atoms with Gasteiger partial charge in [-0.1, -0.05) is 17.7 Å². The summed E-state index contributed by atoms with van der Waals surface area (Å²) in [7, 11) is 1.55. The van der Waals surface area contributed by atoms with Gasteiger partial charge >= 0.3 is 0 Å². The molecule has 2 atom stereocenters. The lowest BCUT2D eigenvalue weighted by Gasteiger charge is -2.46. The zero-order valence-electron chi connectivity index (χ0n) is 16.3. The van der Waals surface area contributed by atoms with Crippen molar-refractivity contribution in [3.8, 4) is 5.75 Å². The Labute approximate surface area is 174 Å². The normalized spacial score (nSPS) is 22.8. The van der Waals surface area contributed by atoms with E-state index < -0.39 is 0 Å². The molecule has 2 fully saturated rings. The van der Waals surface area contributed by atoms with Gasteiger partial charge in [0.05, 0.1) is 45.9 Å². The lowest BCUT2D eigenvalue weighted by atomic mass is 10.1. The van der Waals surface area contributed by atoms with Crippen molar-refractivity contribution in [1.82, 2.24) is 14.8 Å². The number of hydrogen-bond donors (Lipinski definition) is 0. The fourth-order valence-corrected chi connectivity index (χ4v) is 5.23. The highest BCUT2D eigenvalue weighted by Gasteiger charge is 2.37. The van der Waals surface area contributed by atoms with Crippen LogP contribution in [0.2, 0.25) is 5.02 Å². The van der Waals surface area contributed by atoms with Crippen LogP contribution in [0, 0.1) is 13.8 Å². The first-order valence-electron chi connectivity index (χ1n) is 9.39. The van der Waals surface area contributed by atoms with Crippen molar-refractivity contribution in [3.05, 3.63) is 44.4 Å². The van der Waals surface area contributed by atoms with Crippen LogP contribution in [0.5, 0.6) is 5.75 Å². The molecule has 1 aromatic heterocycles. The summed E-state index contributed by atoms with van der Waals surface area (Å²) in [4.78, 5) is 23.1. The average molecular weight is 422 g/mol. The third kappa shape index (κ3) is 3.64. The van der Waals surface area contributed by atoms with Crippen molar-refractivity contribution in [3.63, 3.8) is 0 Å². The number of thiazole rings is 1. The second-order valence-corrected chi connectivity index (χ2v) is 8.84. The quantitative estimate of drug-likeness (QED) is 0.760. The molecule has 6 nitrogen and oxygen atoms in total. The monoisotopic (exact) mass is 421 g/mol. The number of carbonyl (C=O) groups excluding carboxylic acids is 1. The molecule has 2 aliphatic rings. The SMILES string of the molecule is COc1cccc(C(=O)N2CCN3C[C@@H](c4sc(C)nc4C)OC[C@@H]3C2)c1Cl. The van der Waals surface area contributed by atoms with E-state index in [2.05, 4.69) is 9.88 Å². The molecule has 4 rings (SSSR count). The first-order valence-corrected chi connectivity index (χ1v) is 10.6. The fourth-order valence-electron chi connectivity index (χ4n) is 3.98. The number of amides is 1. The van der Waals surface area contributed by atoms with Crippen molar-refractivity contribution in [1.29, 1.82) is 0 Å². The number of nitrogens with zero attached hydrogens (tertiary/aromatic N) is 3. The maximum absolute atomic E-state index is 13.0. The third-order valence-corrected chi connectivity index (χ3v) is 6.98. The Kier molecular flexibility index (Phi) is 5.60. The molecule has 0 radical (unpaired) electrons. The summed E-state index contributed by atoms with van der Waals surface area (Å²) < 4.78 is 11.4. The van der Waals surface area contributed by atoms with Gasteiger partial charge in [0, 0.05) is 26.2 Å². The van der Waals surface area contributed by atoms with Crippen LogP contribution in [0.4, 0.5) is 0 Å². The summed E-state index contributed by atoms with van der Waals surface area (Å²) >= 11 is 8.07. The van der Waals surface area contributed by atoms with Crippen LogP contribution in [0.25, 0.3) is 0 Å². The number of rotatable bonds is 3. The van der Waals surface area contributed by atoms with Gasteiger partial charge in [0.15, 0.2) is 0 Å². The van der Waals surface area contributed by atoms with Crippen molar-refractivity contribution in [2.45, 2.75) is 26.0 Å². The summed E-state index contributed by atoms with van der Waals surface area (Å²) in [5.74, 6) is 0.463. The van der Waals surface area contributed by atoms with E-state index in [4.69, 9.17) is 21.1 Å². The highest BCUT2D eigenvalue weighted by atomic mass is 35.5. The van der Waals surface area contributed by atoms with Crippen molar-refractivity contribution >= 4 is 28.8 Å². The summed E-state index contributed by atoms with van der Waals surface area (Å²) in [5.41, 5.74) is 1.55. The largest absolute Gasteiger partial charge is 0.495 e. The molecule has 0 bridgehead atoms. The van der Waals surface area contributed by atoms with Crippen LogP contribution >= 0.6 is 22.9 Å². The predicted octanol–water partition coefficient (Wildman–Crippen LogP) is 3.32. The summed E-state index contributed by atoms with van der Waals surface area (Å²) in [6.07, 6.45) is 0.0672. The third-order valence-electron chi connectivity index (χ3n) is 5.43. The predicted molar refractivity (Wildman–Crippen MR) is 110 cm³/mol. The van der Waals surface area contributed by atoms with E-state index in [0.29, 0.717) is 36.0 Å². The van der Waals surface area contributed by atoms with Crippen molar-refractivity contribution in [2.75, 3.05) is 39.9 Å². The standard InChI is InChI=1S/C20H24ClN3O3S/c1-12-19(28-13(2)22-12)17-10-23-7-8-24(9-14(23)11-27-17)20(25)15-5-4-6-16(26-3)18(15)21/h4-6,14,17H,7-11H2,1-3H3/t14-,17-/m0/s1. The Balaban J connectivity index is 1.44. The molecule has 0 spiro atoms. The highest BCUT2D eigenvalue weighted by molar-refractivity contribution is 7.11. The Morgan fingerprint density at radius 3 is 2.86 bits per heavy atom. The number of fused-ring (bicyclic) bond motifs is 1. The summed E-state index contributed by atoms with van der Waals surface area (Å²) in [6, 6.07) is 5.51. The lowest BCUT2D eigenvalue weighted by Crippen LogP contribution is -2.59. The fraction of sp³-hybridized carbons (Fsp3) is 0.500. The minimum atomic E-state index is -0.0559. The molecule has 1 amide bonds. The first kappa shape index (κ1) is 19.6. The molecule has 3 heterocycles. The first-order chi connectivity index (χ1) is 13.5. The van der Waals surface area contributed by atoms with Gasteiger partial charge in [-0.15, -0.1) is 11.3 Å². The molecule has 0 unspecified atom stereocenters. The molecular formula is C20H24ClN3O3S. The molecule has 0 aliphatic carbocycles. The smallest absolute Gasteiger partial charge is 0.255 e. The van der Waals surface area contributed by atoms with Crippen LogP contribution in [0.3, 0.4) is 0 Å². The van der Waals surface area contributed by atoms with Crippen LogP contribution in [-0.4, -0.2) is 66.6 Å². The van der Waals surface area contributed by atoms with Gasteiger partial charge in [-0.2, -0.15) is 0 Å². The number of piperazine rings is 1. The van der Waals surface area contributed by atoms with E-state index in [1.165, 1.54) is 4.88 Å². The van der Waals surface area contributed by atoms with E-state index in [-0.39, 0.29) is 18.1 Å². The summed E-state index contributed by atoms with van der Waals surface area (Å²) in [6.45, 7) is 7.67. The zero-order chi connectivity index (χ0) is 19.8. The molecular weight excluding hydrogens is 398 g/mol. The number of aromatic nitrogens is 1. The topological polar surface area (TPSA) is 54.9 Å². The van der Waals surface area contributed by atoms with Crippen LogP contribution < -0.4 is 4.74 Å². The maximum atomic E-state index is 13.0. The molecule has 2 saturated heterocycles. The minimum absolute atomic E-state index is 0.0559. The molecule has 1 aromatic carbocycles. The lowest BCUT2D eigenvalue weighted by molar-refractivity contribution is -0.0847. The number of hydrogen-bond acceptors (Lipinski definition) is 6. The van der Waals surface area contributed by atoms with Crippen LogP contribution in [-0.2, 0) is 4.74 Å². The second kappa shape index (κ2) is 7.99. The number of carbonyl (C=O) groups is 1. The van der Waals surface area contributed by atoms with Crippen molar-refractivity contribution in [2.24, 2.45) is 0 Å². The Morgan fingerprint density at radius 1 is 1.32 bits per heavy atom. The average Bonchev–Trinajstić information content (AvgIpc) is 3.05. The van der Waals surface area contributed by atoms with Gasteiger partial charge in [-0.05, 0) is 26.0 Å².